The lowest BCUT2D eigenvalue weighted by Crippen LogP contribution is -2.15. The third-order valence-electron chi connectivity index (χ3n) is 3.01. The van der Waals surface area contributed by atoms with Crippen molar-refractivity contribution in [2.75, 3.05) is 19.7 Å². The minimum atomic E-state index is -0.375. The van der Waals surface area contributed by atoms with Gasteiger partial charge < -0.3 is 10.1 Å². The van der Waals surface area contributed by atoms with E-state index in [1.165, 1.54) is 6.07 Å². The van der Waals surface area contributed by atoms with E-state index in [-0.39, 0.29) is 10.6 Å². The van der Waals surface area contributed by atoms with Gasteiger partial charge >= 0.3 is 0 Å². The van der Waals surface area contributed by atoms with Gasteiger partial charge in [0.15, 0.2) is 0 Å². The molecular weight excluding hydrogens is 220 g/mol. The van der Waals surface area contributed by atoms with Crippen LogP contribution in [0, 0.1) is 23.0 Å². The van der Waals surface area contributed by atoms with Gasteiger partial charge in [-0.15, -0.1) is 0 Å². The zero-order valence-electron chi connectivity index (χ0n) is 9.81. The van der Waals surface area contributed by atoms with Crippen molar-refractivity contribution in [3.63, 3.8) is 0 Å². The minimum absolute atomic E-state index is 0.139. The van der Waals surface area contributed by atoms with Crippen LogP contribution < -0.4 is 10.1 Å². The average molecular weight is 236 g/mol. The Kier molecular flexibility index (Phi) is 3.58. The van der Waals surface area contributed by atoms with Crippen LogP contribution in [0.2, 0.25) is 0 Å². The highest BCUT2D eigenvalue weighted by molar-refractivity contribution is 5.44. The van der Waals surface area contributed by atoms with Crippen LogP contribution in [0.5, 0.6) is 5.75 Å². The number of ether oxygens (including phenoxy) is 1. The molecule has 1 heterocycles. The van der Waals surface area contributed by atoms with E-state index in [2.05, 4.69) is 5.32 Å². The van der Waals surface area contributed by atoms with Gasteiger partial charge in [0.25, 0.3) is 5.69 Å². The molecule has 1 fully saturated rings. The quantitative estimate of drug-likeness (QED) is 0.640. The van der Waals surface area contributed by atoms with Crippen molar-refractivity contribution < 1.29 is 9.66 Å². The molecule has 5 nitrogen and oxygen atoms in total. The molecule has 1 aliphatic rings. The number of hydrogen-bond donors (Lipinski definition) is 1. The van der Waals surface area contributed by atoms with Gasteiger partial charge in [-0.1, -0.05) is 0 Å². The molecule has 0 aliphatic carbocycles. The number of rotatable bonds is 4. The first-order valence-corrected chi connectivity index (χ1v) is 5.75. The molecule has 0 radical (unpaired) electrons. The summed E-state index contributed by atoms with van der Waals surface area (Å²) in [5.74, 6) is 1.26. The normalized spacial score (nSPS) is 19.2. The molecule has 17 heavy (non-hydrogen) atoms. The highest BCUT2D eigenvalue weighted by Crippen LogP contribution is 2.23. The summed E-state index contributed by atoms with van der Waals surface area (Å²) in [6.45, 7) is 4.44. The fraction of sp³-hybridized carbons (Fsp3) is 0.500. The number of nitrogens with zero attached hydrogens (tertiary/aromatic N) is 1. The van der Waals surface area contributed by atoms with Crippen LogP contribution in [0.3, 0.4) is 0 Å². The van der Waals surface area contributed by atoms with E-state index in [0.29, 0.717) is 23.8 Å². The van der Waals surface area contributed by atoms with Crippen molar-refractivity contribution in [1.82, 2.24) is 5.32 Å². The maximum absolute atomic E-state index is 10.7. The fourth-order valence-corrected chi connectivity index (χ4v) is 1.99. The molecular formula is C12H16N2O3. The zero-order chi connectivity index (χ0) is 12.3. The van der Waals surface area contributed by atoms with Crippen LogP contribution in [0.25, 0.3) is 0 Å². The largest absolute Gasteiger partial charge is 0.493 e. The zero-order valence-corrected chi connectivity index (χ0v) is 9.81. The second-order valence-corrected chi connectivity index (χ2v) is 4.38. The van der Waals surface area contributed by atoms with Crippen LogP contribution in [0.1, 0.15) is 12.0 Å². The molecule has 1 aliphatic heterocycles. The molecule has 0 saturated carbocycles. The van der Waals surface area contributed by atoms with E-state index < -0.39 is 0 Å². The van der Waals surface area contributed by atoms with Crippen molar-refractivity contribution >= 4 is 5.69 Å². The summed E-state index contributed by atoms with van der Waals surface area (Å²) in [4.78, 5) is 10.3. The SMILES string of the molecule is Cc1cc(OCC2CCNC2)ccc1[N+](=O)[O-]. The maximum atomic E-state index is 10.7. The first kappa shape index (κ1) is 11.9. The van der Waals surface area contributed by atoms with Crippen LogP contribution in [-0.4, -0.2) is 24.6 Å². The van der Waals surface area contributed by atoms with Crippen LogP contribution in [0.15, 0.2) is 18.2 Å². The number of aryl methyl sites for hydroxylation is 1. The van der Waals surface area contributed by atoms with Crippen molar-refractivity contribution in [2.45, 2.75) is 13.3 Å². The Bertz CT molecular complexity index is 414. The molecule has 1 unspecified atom stereocenters. The Hall–Kier alpha value is -1.62. The first-order chi connectivity index (χ1) is 8.16. The molecule has 0 bridgehead atoms. The van der Waals surface area contributed by atoms with Gasteiger partial charge in [0, 0.05) is 24.1 Å². The van der Waals surface area contributed by atoms with Crippen LogP contribution >= 0.6 is 0 Å². The number of nitro benzene ring substituents is 1. The average Bonchev–Trinajstić information content (AvgIpc) is 2.78. The molecule has 2 rings (SSSR count). The van der Waals surface area contributed by atoms with Gasteiger partial charge in [0.1, 0.15) is 5.75 Å². The maximum Gasteiger partial charge on any atom is 0.272 e. The van der Waals surface area contributed by atoms with E-state index in [1.54, 1.807) is 19.1 Å². The van der Waals surface area contributed by atoms with Gasteiger partial charge in [0.2, 0.25) is 0 Å². The van der Waals surface area contributed by atoms with E-state index >= 15 is 0 Å². The summed E-state index contributed by atoms with van der Waals surface area (Å²) in [6.07, 6.45) is 1.13. The van der Waals surface area contributed by atoms with Gasteiger partial charge in [-0.25, -0.2) is 0 Å². The molecule has 92 valence electrons. The van der Waals surface area contributed by atoms with Crippen LogP contribution in [0.4, 0.5) is 5.69 Å². The lowest BCUT2D eigenvalue weighted by molar-refractivity contribution is -0.385. The van der Waals surface area contributed by atoms with E-state index in [1.807, 2.05) is 0 Å². The monoisotopic (exact) mass is 236 g/mol. The Morgan fingerprint density at radius 2 is 2.41 bits per heavy atom. The van der Waals surface area contributed by atoms with Gasteiger partial charge in [-0.3, -0.25) is 10.1 Å². The Labute approximate surface area is 99.9 Å². The Morgan fingerprint density at radius 3 is 3.00 bits per heavy atom. The molecule has 5 heteroatoms. The third kappa shape index (κ3) is 2.94. The van der Waals surface area contributed by atoms with Gasteiger partial charge in [0.05, 0.1) is 11.5 Å². The molecule has 1 atom stereocenters. The highest BCUT2D eigenvalue weighted by Gasteiger charge is 2.16. The standard InChI is InChI=1S/C12H16N2O3/c1-9-6-11(2-3-12(9)14(15)16)17-8-10-4-5-13-7-10/h2-3,6,10,13H,4-5,7-8H2,1H3. The molecule has 1 aromatic rings. The molecule has 1 saturated heterocycles. The lowest BCUT2D eigenvalue weighted by Gasteiger charge is -2.11. The summed E-state index contributed by atoms with van der Waals surface area (Å²) in [6, 6.07) is 4.88. The second-order valence-electron chi connectivity index (χ2n) is 4.38. The first-order valence-electron chi connectivity index (χ1n) is 5.75. The number of hydrogen-bond acceptors (Lipinski definition) is 4. The summed E-state index contributed by atoms with van der Waals surface area (Å²) < 4.78 is 5.64. The summed E-state index contributed by atoms with van der Waals surface area (Å²) in [7, 11) is 0. The number of nitrogens with one attached hydrogen (secondary N) is 1. The molecule has 1 N–H and O–H groups in total. The van der Waals surface area contributed by atoms with Gasteiger partial charge in [-0.05, 0) is 32.0 Å². The molecule has 0 amide bonds. The van der Waals surface area contributed by atoms with E-state index in [0.717, 1.165) is 19.5 Å². The van der Waals surface area contributed by atoms with Gasteiger partial charge in [-0.2, -0.15) is 0 Å². The summed E-state index contributed by atoms with van der Waals surface area (Å²) >= 11 is 0. The summed E-state index contributed by atoms with van der Waals surface area (Å²) in [5, 5.41) is 13.9. The molecule has 0 spiro atoms. The molecule has 0 aromatic heterocycles. The van der Waals surface area contributed by atoms with Crippen molar-refractivity contribution in [3.05, 3.63) is 33.9 Å². The van der Waals surface area contributed by atoms with Crippen LogP contribution in [-0.2, 0) is 0 Å². The molecule has 1 aromatic carbocycles. The number of benzene rings is 1. The summed E-state index contributed by atoms with van der Waals surface area (Å²) in [5.41, 5.74) is 0.775. The van der Waals surface area contributed by atoms with E-state index in [4.69, 9.17) is 4.74 Å². The highest BCUT2D eigenvalue weighted by atomic mass is 16.6. The predicted octanol–water partition coefficient (Wildman–Crippen LogP) is 1.89. The Balaban J connectivity index is 1.97. The predicted molar refractivity (Wildman–Crippen MR) is 64.3 cm³/mol. The smallest absolute Gasteiger partial charge is 0.272 e. The topological polar surface area (TPSA) is 64.4 Å². The van der Waals surface area contributed by atoms with E-state index in [9.17, 15) is 10.1 Å². The van der Waals surface area contributed by atoms with Crippen molar-refractivity contribution in [3.8, 4) is 5.75 Å². The van der Waals surface area contributed by atoms with Crippen molar-refractivity contribution in [1.29, 1.82) is 0 Å². The second kappa shape index (κ2) is 5.14. The number of nitro groups is 1. The third-order valence-corrected chi connectivity index (χ3v) is 3.01. The van der Waals surface area contributed by atoms with Crippen molar-refractivity contribution in [2.24, 2.45) is 5.92 Å². The lowest BCUT2D eigenvalue weighted by atomic mass is 10.1. The Morgan fingerprint density at radius 1 is 1.59 bits per heavy atom. The fourth-order valence-electron chi connectivity index (χ4n) is 1.99. The minimum Gasteiger partial charge on any atom is -0.493 e.